The number of nitrogens with one attached hydrogen (secondary N) is 1. The first-order chi connectivity index (χ1) is 8.70. The van der Waals surface area contributed by atoms with Gasteiger partial charge < -0.3 is 5.32 Å². The van der Waals surface area contributed by atoms with E-state index in [0.29, 0.717) is 6.04 Å². The summed E-state index contributed by atoms with van der Waals surface area (Å²) in [5, 5.41) is 3.54. The molecule has 0 aliphatic carbocycles. The average Bonchev–Trinajstić information content (AvgIpc) is 2.83. The summed E-state index contributed by atoms with van der Waals surface area (Å²) in [6.45, 7) is 7.66. The molecular formula is C16H21NS. The highest BCUT2D eigenvalue weighted by Crippen LogP contribution is 2.29. The van der Waals surface area contributed by atoms with Crippen LogP contribution < -0.4 is 5.32 Å². The number of aryl methyl sites for hydroxylation is 1. The molecule has 0 saturated carbocycles. The van der Waals surface area contributed by atoms with Crippen molar-refractivity contribution in [1.29, 1.82) is 0 Å². The van der Waals surface area contributed by atoms with Crippen molar-refractivity contribution in [2.24, 2.45) is 0 Å². The molecule has 0 aliphatic rings. The van der Waals surface area contributed by atoms with Crippen LogP contribution in [0.25, 0.3) is 10.4 Å². The van der Waals surface area contributed by atoms with E-state index >= 15 is 0 Å². The lowest BCUT2D eigenvalue weighted by Crippen LogP contribution is -2.19. The smallest absolute Gasteiger partial charge is 0.0345 e. The van der Waals surface area contributed by atoms with Gasteiger partial charge in [0.15, 0.2) is 0 Å². The fourth-order valence-corrected chi connectivity index (χ4v) is 2.89. The Morgan fingerprint density at radius 3 is 2.72 bits per heavy atom. The normalized spacial score (nSPS) is 12.6. The third-order valence-corrected chi connectivity index (χ3v) is 4.16. The second-order valence-electron chi connectivity index (χ2n) is 4.71. The van der Waals surface area contributed by atoms with Gasteiger partial charge in [-0.1, -0.05) is 25.1 Å². The van der Waals surface area contributed by atoms with Gasteiger partial charge in [0.2, 0.25) is 0 Å². The number of rotatable bonds is 5. The molecule has 0 radical (unpaired) electrons. The van der Waals surface area contributed by atoms with E-state index in [4.69, 9.17) is 0 Å². The fraction of sp³-hybridized carbons (Fsp3) is 0.375. The standard InChI is InChI=1S/C16H21NS/c1-4-10-17-13(3)14-6-5-7-15(11-14)16-9-8-12(2)18-16/h5-9,11,13,17H,4,10H2,1-3H3. The van der Waals surface area contributed by atoms with E-state index in [0.717, 1.165) is 6.54 Å². The van der Waals surface area contributed by atoms with E-state index in [9.17, 15) is 0 Å². The highest BCUT2D eigenvalue weighted by Gasteiger charge is 2.06. The Balaban J connectivity index is 2.19. The highest BCUT2D eigenvalue weighted by atomic mass is 32.1. The first-order valence-corrected chi connectivity index (χ1v) is 7.42. The highest BCUT2D eigenvalue weighted by molar-refractivity contribution is 7.15. The van der Waals surface area contributed by atoms with Gasteiger partial charge in [-0.25, -0.2) is 0 Å². The zero-order valence-electron chi connectivity index (χ0n) is 11.4. The molecule has 96 valence electrons. The Morgan fingerprint density at radius 1 is 1.22 bits per heavy atom. The van der Waals surface area contributed by atoms with Crippen LogP contribution >= 0.6 is 11.3 Å². The molecule has 0 saturated heterocycles. The predicted molar refractivity (Wildman–Crippen MR) is 81.2 cm³/mol. The van der Waals surface area contributed by atoms with Gasteiger partial charge in [0.05, 0.1) is 0 Å². The van der Waals surface area contributed by atoms with Crippen molar-refractivity contribution in [2.45, 2.75) is 33.2 Å². The molecule has 0 amide bonds. The molecule has 0 spiro atoms. The van der Waals surface area contributed by atoms with E-state index in [-0.39, 0.29) is 0 Å². The maximum absolute atomic E-state index is 3.54. The van der Waals surface area contributed by atoms with Crippen molar-refractivity contribution in [3.05, 3.63) is 46.8 Å². The van der Waals surface area contributed by atoms with Crippen LogP contribution in [-0.2, 0) is 0 Å². The van der Waals surface area contributed by atoms with Crippen molar-refractivity contribution in [3.63, 3.8) is 0 Å². The van der Waals surface area contributed by atoms with Crippen LogP contribution in [0, 0.1) is 6.92 Å². The summed E-state index contributed by atoms with van der Waals surface area (Å²) in [6.07, 6.45) is 1.17. The van der Waals surface area contributed by atoms with E-state index in [1.54, 1.807) is 0 Å². The quantitative estimate of drug-likeness (QED) is 0.814. The van der Waals surface area contributed by atoms with Gasteiger partial charge in [-0.05, 0) is 56.1 Å². The van der Waals surface area contributed by atoms with E-state index in [1.807, 2.05) is 11.3 Å². The van der Waals surface area contributed by atoms with E-state index in [2.05, 4.69) is 62.5 Å². The topological polar surface area (TPSA) is 12.0 Å². The minimum absolute atomic E-state index is 0.422. The molecule has 1 atom stereocenters. The van der Waals surface area contributed by atoms with Crippen LogP contribution in [0.2, 0.25) is 0 Å². The molecule has 18 heavy (non-hydrogen) atoms. The van der Waals surface area contributed by atoms with E-state index < -0.39 is 0 Å². The lowest BCUT2D eigenvalue weighted by atomic mass is 10.0. The lowest BCUT2D eigenvalue weighted by molar-refractivity contribution is 0.571. The van der Waals surface area contributed by atoms with Gasteiger partial charge in [0.1, 0.15) is 0 Å². The van der Waals surface area contributed by atoms with Crippen LogP contribution in [0.5, 0.6) is 0 Å². The van der Waals surface area contributed by atoms with Gasteiger partial charge in [0, 0.05) is 15.8 Å². The molecule has 1 N–H and O–H groups in total. The fourth-order valence-electron chi connectivity index (χ4n) is 2.03. The Hall–Kier alpha value is -1.12. The molecule has 0 bridgehead atoms. The first-order valence-electron chi connectivity index (χ1n) is 6.61. The summed E-state index contributed by atoms with van der Waals surface area (Å²) < 4.78 is 0. The molecule has 1 aromatic carbocycles. The summed E-state index contributed by atoms with van der Waals surface area (Å²) in [4.78, 5) is 2.73. The summed E-state index contributed by atoms with van der Waals surface area (Å²) in [7, 11) is 0. The average molecular weight is 259 g/mol. The zero-order chi connectivity index (χ0) is 13.0. The third-order valence-electron chi connectivity index (χ3n) is 3.11. The SMILES string of the molecule is CCCNC(C)c1cccc(-c2ccc(C)s2)c1. The maximum Gasteiger partial charge on any atom is 0.0345 e. The molecule has 1 aromatic heterocycles. The van der Waals surface area contributed by atoms with Crippen molar-refractivity contribution in [2.75, 3.05) is 6.54 Å². The molecule has 1 nitrogen and oxygen atoms in total. The number of thiophene rings is 1. The van der Waals surface area contributed by atoms with Crippen LogP contribution in [0.3, 0.4) is 0 Å². The summed E-state index contributed by atoms with van der Waals surface area (Å²) in [5.74, 6) is 0. The number of benzene rings is 1. The largest absolute Gasteiger partial charge is 0.310 e. The molecule has 2 rings (SSSR count). The monoisotopic (exact) mass is 259 g/mol. The van der Waals surface area contributed by atoms with Gasteiger partial charge in [-0.15, -0.1) is 11.3 Å². The van der Waals surface area contributed by atoms with Crippen LogP contribution in [0.4, 0.5) is 0 Å². The summed E-state index contributed by atoms with van der Waals surface area (Å²) in [6, 6.07) is 13.7. The van der Waals surface area contributed by atoms with Gasteiger partial charge in [0.25, 0.3) is 0 Å². The molecule has 2 heteroatoms. The van der Waals surface area contributed by atoms with Crippen LogP contribution in [-0.4, -0.2) is 6.54 Å². The Kier molecular flexibility index (Phi) is 4.56. The second-order valence-corrected chi connectivity index (χ2v) is 6.00. The molecular weight excluding hydrogens is 238 g/mol. The molecule has 2 aromatic rings. The predicted octanol–water partition coefficient (Wildman–Crippen LogP) is 4.78. The van der Waals surface area contributed by atoms with Gasteiger partial charge >= 0.3 is 0 Å². The molecule has 0 fully saturated rings. The Morgan fingerprint density at radius 2 is 2.06 bits per heavy atom. The first kappa shape index (κ1) is 13.3. The number of hydrogen-bond acceptors (Lipinski definition) is 2. The molecule has 1 heterocycles. The zero-order valence-corrected chi connectivity index (χ0v) is 12.2. The minimum atomic E-state index is 0.422. The minimum Gasteiger partial charge on any atom is -0.310 e. The van der Waals surface area contributed by atoms with E-state index in [1.165, 1.54) is 27.3 Å². The maximum atomic E-state index is 3.54. The summed E-state index contributed by atoms with van der Waals surface area (Å²) in [5.41, 5.74) is 2.70. The van der Waals surface area contributed by atoms with Gasteiger partial charge in [-0.2, -0.15) is 0 Å². The number of hydrogen-bond donors (Lipinski definition) is 1. The van der Waals surface area contributed by atoms with Crippen molar-refractivity contribution >= 4 is 11.3 Å². The van der Waals surface area contributed by atoms with Crippen LogP contribution in [0.1, 0.15) is 36.8 Å². The third kappa shape index (κ3) is 3.21. The molecule has 0 aliphatic heterocycles. The van der Waals surface area contributed by atoms with Crippen molar-refractivity contribution in [1.82, 2.24) is 5.32 Å². The Labute approximate surface area is 114 Å². The second kappa shape index (κ2) is 6.17. The van der Waals surface area contributed by atoms with Crippen molar-refractivity contribution in [3.8, 4) is 10.4 Å². The van der Waals surface area contributed by atoms with Crippen LogP contribution in [0.15, 0.2) is 36.4 Å². The Bertz CT molecular complexity index is 501. The van der Waals surface area contributed by atoms with Crippen molar-refractivity contribution < 1.29 is 0 Å². The van der Waals surface area contributed by atoms with Gasteiger partial charge in [-0.3, -0.25) is 0 Å². The lowest BCUT2D eigenvalue weighted by Gasteiger charge is -2.14. The molecule has 1 unspecified atom stereocenters. The summed E-state index contributed by atoms with van der Waals surface area (Å²) >= 11 is 1.86.